The number of carbonyl (C=O) groups is 1. The smallest absolute Gasteiger partial charge is 0.345 e. The van der Waals surface area contributed by atoms with Crippen molar-refractivity contribution in [2.75, 3.05) is 6.54 Å². The summed E-state index contributed by atoms with van der Waals surface area (Å²) in [7, 11) is 0. The number of amides is 1. The second kappa shape index (κ2) is 6.17. The van der Waals surface area contributed by atoms with Gasteiger partial charge in [-0.15, -0.1) is 0 Å². The van der Waals surface area contributed by atoms with E-state index in [0.717, 1.165) is 11.1 Å². The molecule has 0 atom stereocenters. The number of halogens is 3. The van der Waals surface area contributed by atoms with Crippen LogP contribution in [0.5, 0.6) is 0 Å². The number of aromatic nitrogens is 3. The molecule has 0 saturated carbocycles. The molecule has 22 heavy (non-hydrogen) atoms. The molecule has 0 aliphatic rings. The molecule has 0 bridgehead atoms. The Morgan fingerprint density at radius 3 is 2.68 bits per heavy atom. The SMILES string of the molecule is Cc1cccc(-c2nc(C)nn2CC(=O)NCC(F)(F)F)c1. The minimum atomic E-state index is -4.44. The van der Waals surface area contributed by atoms with Crippen molar-refractivity contribution in [3.63, 3.8) is 0 Å². The monoisotopic (exact) mass is 312 g/mol. The number of aryl methyl sites for hydroxylation is 2. The standard InChI is InChI=1S/C14H15F3N4O/c1-9-4-3-5-11(6-9)13-19-10(2)20-21(13)7-12(22)18-8-14(15,16)17/h3-6H,7-8H2,1-2H3,(H,18,22). The number of alkyl halides is 3. The van der Waals surface area contributed by atoms with E-state index in [1.807, 2.05) is 30.4 Å². The van der Waals surface area contributed by atoms with Crippen LogP contribution in [0.2, 0.25) is 0 Å². The van der Waals surface area contributed by atoms with Crippen molar-refractivity contribution in [2.45, 2.75) is 26.6 Å². The second-order valence-corrected chi connectivity index (χ2v) is 4.90. The molecule has 2 aromatic rings. The van der Waals surface area contributed by atoms with Gasteiger partial charge in [0.1, 0.15) is 18.9 Å². The first kappa shape index (κ1) is 16.0. The van der Waals surface area contributed by atoms with E-state index in [1.54, 1.807) is 13.0 Å². The lowest BCUT2D eigenvalue weighted by molar-refractivity contribution is -0.138. The van der Waals surface area contributed by atoms with Gasteiger partial charge in [0.25, 0.3) is 0 Å². The van der Waals surface area contributed by atoms with Gasteiger partial charge < -0.3 is 5.32 Å². The molecule has 0 saturated heterocycles. The third kappa shape index (κ3) is 4.31. The normalized spacial score (nSPS) is 11.5. The van der Waals surface area contributed by atoms with E-state index in [0.29, 0.717) is 11.6 Å². The first-order chi connectivity index (χ1) is 10.2. The van der Waals surface area contributed by atoms with E-state index in [1.165, 1.54) is 4.68 Å². The molecule has 0 fully saturated rings. The van der Waals surface area contributed by atoms with Crippen LogP contribution in [0, 0.1) is 13.8 Å². The molecule has 1 aromatic carbocycles. The van der Waals surface area contributed by atoms with Crippen LogP contribution in [-0.2, 0) is 11.3 Å². The Bertz CT molecular complexity index is 679. The van der Waals surface area contributed by atoms with Gasteiger partial charge in [0.15, 0.2) is 5.82 Å². The predicted molar refractivity (Wildman–Crippen MR) is 74.0 cm³/mol. The molecular formula is C14H15F3N4O. The Hall–Kier alpha value is -2.38. The van der Waals surface area contributed by atoms with Crippen LogP contribution in [0.15, 0.2) is 24.3 Å². The minimum absolute atomic E-state index is 0.319. The highest BCUT2D eigenvalue weighted by atomic mass is 19.4. The molecule has 0 unspecified atom stereocenters. The van der Waals surface area contributed by atoms with Gasteiger partial charge in [0.2, 0.25) is 5.91 Å². The zero-order valence-electron chi connectivity index (χ0n) is 12.1. The molecule has 0 aliphatic heterocycles. The van der Waals surface area contributed by atoms with E-state index in [9.17, 15) is 18.0 Å². The maximum Gasteiger partial charge on any atom is 0.405 e. The number of hydrogen-bond acceptors (Lipinski definition) is 3. The fourth-order valence-electron chi connectivity index (χ4n) is 1.95. The lowest BCUT2D eigenvalue weighted by Crippen LogP contribution is -2.36. The van der Waals surface area contributed by atoms with Crippen molar-refractivity contribution in [3.05, 3.63) is 35.7 Å². The first-order valence-electron chi connectivity index (χ1n) is 6.56. The summed E-state index contributed by atoms with van der Waals surface area (Å²) >= 11 is 0. The Morgan fingerprint density at radius 1 is 1.32 bits per heavy atom. The van der Waals surface area contributed by atoms with E-state index in [2.05, 4.69) is 10.1 Å². The minimum Gasteiger partial charge on any atom is -0.345 e. The van der Waals surface area contributed by atoms with Crippen LogP contribution in [0.4, 0.5) is 13.2 Å². The summed E-state index contributed by atoms with van der Waals surface area (Å²) in [5, 5.41) is 5.88. The van der Waals surface area contributed by atoms with Gasteiger partial charge in [-0.3, -0.25) is 4.79 Å². The quantitative estimate of drug-likeness (QED) is 0.942. The third-order valence-electron chi connectivity index (χ3n) is 2.83. The maximum absolute atomic E-state index is 12.1. The van der Waals surface area contributed by atoms with Gasteiger partial charge in [0, 0.05) is 5.56 Å². The first-order valence-corrected chi connectivity index (χ1v) is 6.56. The van der Waals surface area contributed by atoms with Gasteiger partial charge in [-0.2, -0.15) is 18.3 Å². The van der Waals surface area contributed by atoms with E-state index in [-0.39, 0.29) is 6.54 Å². The van der Waals surface area contributed by atoms with Crippen molar-refractivity contribution in [1.82, 2.24) is 20.1 Å². The number of nitrogens with zero attached hydrogens (tertiary/aromatic N) is 3. The zero-order valence-corrected chi connectivity index (χ0v) is 12.1. The second-order valence-electron chi connectivity index (χ2n) is 4.90. The molecule has 1 heterocycles. The highest BCUT2D eigenvalue weighted by Crippen LogP contribution is 2.18. The fraction of sp³-hybridized carbons (Fsp3) is 0.357. The molecule has 5 nitrogen and oxygen atoms in total. The highest BCUT2D eigenvalue weighted by Gasteiger charge is 2.27. The van der Waals surface area contributed by atoms with Crippen LogP contribution in [0.25, 0.3) is 11.4 Å². The van der Waals surface area contributed by atoms with Crippen LogP contribution in [0.3, 0.4) is 0 Å². The Morgan fingerprint density at radius 2 is 2.05 bits per heavy atom. The summed E-state index contributed by atoms with van der Waals surface area (Å²) in [6.07, 6.45) is -4.44. The van der Waals surface area contributed by atoms with Gasteiger partial charge in [-0.05, 0) is 19.9 Å². The van der Waals surface area contributed by atoms with Gasteiger partial charge in [0.05, 0.1) is 0 Å². The van der Waals surface area contributed by atoms with E-state index >= 15 is 0 Å². The highest BCUT2D eigenvalue weighted by molar-refractivity contribution is 5.76. The van der Waals surface area contributed by atoms with Crippen LogP contribution >= 0.6 is 0 Å². The molecular weight excluding hydrogens is 297 g/mol. The molecule has 118 valence electrons. The van der Waals surface area contributed by atoms with Gasteiger partial charge >= 0.3 is 6.18 Å². The number of nitrogens with one attached hydrogen (secondary N) is 1. The Labute approximate surface area is 125 Å². The lowest BCUT2D eigenvalue weighted by atomic mass is 10.1. The average Bonchev–Trinajstić information content (AvgIpc) is 2.76. The van der Waals surface area contributed by atoms with Crippen molar-refractivity contribution < 1.29 is 18.0 Å². The Balaban J connectivity index is 2.17. The average molecular weight is 312 g/mol. The van der Waals surface area contributed by atoms with Crippen LogP contribution < -0.4 is 5.32 Å². The van der Waals surface area contributed by atoms with Crippen molar-refractivity contribution in [1.29, 1.82) is 0 Å². The summed E-state index contributed by atoms with van der Waals surface area (Å²) in [5.41, 5.74) is 1.76. The predicted octanol–water partition coefficient (Wildman–Crippen LogP) is 2.24. The van der Waals surface area contributed by atoms with Crippen molar-refractivity contribution in [2.24, 2.45) is 0 Å². The van der Waals surface area contributed by atoms with E-state index in [4.69, 9.17) is 0 Å². The molecule has 0 aliphatic carbocycles. The fourth-order valence-corrected chi connectivity index (χ4v) is 1.95. The van der Waals surface area contributed by atoms with Gasteiger partial charge in [-0.1, -0.05) is 23.8 Å². The largest absolute Gasteiger partial charge is 0.405 e. The molecule has 8 heteroatoms. The Kier molecular flexibility index (Phi) is 4.48. The number of benzene rings is 1. The molecule has 1 aromatic heterocycles. The summed E-state index contributed by atoms with van der Waals surface area (Å²) in [6, 6.07) is 7.42. The van der Waals surface area contributed by atoms with Gasteiger partial charge in [-0.25, -0.2) is 9.67 Å². The molecule has 2 rings (SSSR count). The summed E-state index contributed by atoms with van der Waals surface area (Å²) in [4.78, 5) is 15.9. The maximum atomic E-state index is 12.1. The number of rotatable bonds is 4. The molecule has 0 radical (unpaired) electrons. The lowest BCUT2D eigenvalue weighted by Gasteiger charge is -2.09. The number of carbonyl (C=O) groups excluding carboxylic acids is 1. The number of hydrogen-bond donors (Lipinski definition) is 1. The third-order valence-corrected chi connectivity index (χ3v) is 2.83. The van der Waals surface area contributed by atoms with Crippen molar-refractivity contribution in [3.8, 4) is 11.4 Å². The topological polar surface area (TPSA) is 59.8 Å². The summed E-state index contributed by atoms with van der Waals surface area (Å²) in [5.74, 6) is 0.125. The molecule has 0 spiro atoms. The summed E-state index contributed by atoms with van der Waals surface area (Å²) in [6.45, 7) is 1.88. The molecule has 1 amide bonds. The summed E-state index contributed by atoms with van der Waals surface area (Å²) < 4.78 is 37.6. The molecule has 1 N–H and O–H groups in total. The van der Waals surface area contributed by atoms with Crippen LogP contribution in [0.1, 0.15) is 11.4 Å². The van der Waals surface area contributed by atoms with Crippen molar-refractivity contribution >= 4 is 5.91 Å². The zero-order chi connectivity index (χ0) is 16.3. The van der Waals surface area contributed by atoms with E-state index < -0.39 is 18.6 Å². The van der Waals surface area contributed by atoms with Crippen LogP contribution in [-0.4, -0.2) is 33.4 Å².